The van der Waals surface area contributed by atoms with Gasteiger partial charge in [-0.15, -0.1) is 0 Å². The Morgan fingerprint density at radius 1 is 1.14 bits per heavy atom. The minimum absolute atomic E-state index is 0.144. The average molecular weight is 356 g/mol. The van der Waals surface area contributed by atoms with Crippen LogP contribution in [0.1, 0.15) is 0 Å². The maximum Gasteiger partial charge on any atom is 0.323 e. The number of para-hydroxylation sites is 2. The number of carboxylic acids is 1. The van der Waals surface area contributed by atoms with Crippen LogP contribution >= 0.6 is 15.9 Å². The zero-order valence-corrected chi connectivity index (χ0v) is 12.9. The van der Waals surface area contributed by atoms with Crippen molar-refractivity contribution in [2.75, 3.05) is 0 Å². The number of hydrogen-bond acceptors (Lipinski definition) is 3. The molecule has 4 aromatic rings. The Morgan fingerprint density at radius 2 is 1.86 bits per heavy atom. The summed E-state index contributed by atoms with van der Waals surface area (Å²) in [6, 6.07) is 13.3. The van der Waals surface area contributed by atoms with E-state index in [0.29, 0.717) is 5.65 Å². The largest absolute Gasteiger partial charge is 0.480 e. The topological polar surface area (TPSA) is 68.0 Å². The number of aliphatic carboxylic acids is 1. The molecule has 0 bridgehead atoms. The van der Waals surface area contributed by atoms with E-state index < -0.39 is 5.97 Å². The molecule has 0 atom stereocenters. The van der Waals surface area contributed by atoms with Crippen LogP contribution < -0.4 is 0 Å². The van der Waals surface area contributed by atoms with E-state index in [9.17, 15) is 9.90 Å². The number of carbonyl (C=O) groups is 1. The summed E-state index contributed by atoms with van der Waals surface area (Å²) in [6.45, 7) is -0.144. The Kier molecular flexibility index (Phi) is 2.87. The van der Waals surface area contributed by atoms with Crippen molar-refractivity contribution in [2.45, 2.75) is 6.54 Å². The first-order valence-electron chi connectivity index (χ1n) is 6.69. The van der Waals surface area contributed by atoms with Crippen LogP contribution in [-0.4, -0.2) is 25.6 Å². The Bertz CT molecular complexity index is 1060. The molecule has 22 heavy (non-hydrogen) atoms. The van der Waals surface area contributed by atoms with Gasteiger partial charge in [0.2, 0.25) is 0 Å². The molecule has 0 aliphatic heterocycles. The molecule has 0 saturated carbocycles. The van der Waals surface area contributed by atoms with E-state index in [4.69, 9.17) is 0 Å². The molecule has 0 saturated heterocycles. The predicted octanol–water partition coefficient (Wildman–Crippen LogP) is 3.58. The number of benzene rings is 2. The highest BCUT2D eigenvalue weighted by Crippen LogP contribution is 2.30. The predicted molar refractivity (Wildman–Crippen MR) is 87.9 cm³/mol. The lowest BCUT2D eigenvalue weighted by Gasteiger charge is -2.03. The summed E-state index contributed by atoms with van der Waals surface area (Å²) in [4.78, 5) is 20.5. The maximum absolute atomic E-state index is 11.2. The summed E-state index contributed by atoms with van der Waals surface area (Å²) in [5, 5.41) is 10.1. The average Bonchev–Trinajstić information content (AvgIpc) is 2.78. The van der Waals surface area contributed by atoms with Crippen LogP contribution in [0, 0.1) is 0 Å². The Labute approximate surface area is 133 Å². The fraction of sp³-hybridized carbons (Fsp3) is 0.0625. The Balaban J connectivity index is 2.20. The first kappa shape index (κ1) is 13.2. The Morgan fingerprint density at radius 3 is 2.59 bits per heavy atom. The molecule has 0 unspecified atom stereocenters. The summed E-state index contributed by atoms with van der Waals surface area (Å²) in [5.41, 5.74) is 3.68. The van der Waals surface area contributed by atoms with Crippen LogP contribution in [0.3, 0.4) is 0 Å². The first-order chi connectivity index (χ1) is 10.6. The second-order valence-electron chi connectivity index (χ2n) is 5.03. The van der Waals surface area contributed by atoms with Crippen molar-refractivity contribution < 1.29 is 9.90 Å². The summed E-state index contributed by atoms with van der Waals surface area (Å²) < 4.78 is 2.61. The van der Waals surface area contributed by atoms with Crippen molar-refractivity contribution in [3.05, 3.63) is 46.9 Å². The maximum atomic E-state index is 11.2. The van der Waals surface area contributed by atoms with Crippen molar-refractivity contribution in [1.82, 2.24) is 14.5 Å². The van der Waals surface area contributed by atoms with E-state index in [2.05, 4.69) is 25.9 Å². The number of halogens is 1. The lowest BCUT2D eigenvalue weighted by atomic mass is 10.2. The van der Waals surface area contributed by atoms with Gasteiger partial charge in [-0.2, -0.15) is 0 Å². The zero-order chi connectivity index (χ0) is 15.3. The fourth-order valence-corrected chi connectivity index (χ4v) is 3.06. The van der Waals surface area contributed by atoms with Crippen LogP contribution in [-0.2, 0) is 11.3 Å². The summed E-state index contributed by atoms with van der Waals surface area (Å²) in [7, 11) is 0. The van der Waals surface area contributed by atoms with Crippen LogP contribution in [0.2, 0.25) is 0 Å². The van der Waals surface area contributed by atoms with Gasteiger partial charge in [0.25, 0.3) is 0 Å². The first-order valence-corrected chi connectivity index (χ1v) is 7.49. The molecule has 0 spiro atoms. The van der Waals surface area contributed by atoms with Crippen LogP contribution in [0.25, 0.3) is 33.1 Å². The molecule has 2 heterocycles. The normalized spacial score (nSPS) is 11.5. The van der Waals surface area contributed by atoms with E-state index in [1.165, 1.54) is 0 Å². The van der Waals surface area contributed by atoms with Crippen LogP contribution in [0.5, 0.6) is 0 Å². The van der Waals surface area contributed by atoms with Crippen molar-refractivity contribution >= 4 is 55.0 Å². The number of aromatic nitrogens is 3. The molecule has 108 valence electrons. The highest BCUT2D eigenvalue weighted by atomic mass is 79.9. The third-order valence-electron chi connectivity index (χ3n) is 3.61. The highest BCUT2D eigenvalue weighted by molar-refractivity contribution is 9.10. The summed E-state index contributed by atoms with van der Waals surface area (Å²) in [6.07, 6.45) is 0. The molecule has 2 aromatic carbocycles. The van der Waals surface area contributed by atoms with Gasteiger partial charge in [0.05, 0.1) is 16.6 Å². The number of carboxylic acid groups (broad SMARTS) is 1. The quantitative estimate of drug-likeness (QED) is 0.596. The lowest BCUT2D eigenvalue weighted by Crippen LogP contribution is -2.09. The van der Waals surface area contributed by atoms with Crippen molar-refractivity contribution in [1.29, 1.82) is 0 Å². The van der Waals surface area contributed by atoms with Gasteiger partial charge in [-0.25, -0.2) is 9.97 Å². The van der Waals surface area contributed by atoms with Gasteiger partial charge >= 0.3 is 5.97 Å². The standard InChI is InChI=1S/C16H10BrN3O2/c17-9-5-6-13-10(7-9)15-16(20(13)8-14(21)22)19-12-4-2-1-3-11(12)18-15/h1-7H,8H2,(H,21,22). The molecule has 5 nitrogen and oxygen atoms in total. The van der Waals surface area contributed by atoms with Gasteiger partial charge in [0, 0.05) is 9.86 Å². The molecule has 0 amide bonds. The van der Waals surface area contributed by atoms with Gasteiger partial charge in [-0.3, -0.25) is 4.79 Å². The number of hydrogen-bond donors (Lipinski definition) is 1. The minimum Gasteiger partial charge on any atom is -0.480 e. The third-order valence-corrected chi connectivity index (χ3v) is 4.10. The van der Waals surface area contributed by atoms with Crippen LogP contribution in [0.4, 0.5) is 0 Å². The van der Waals surface area contributed by atoms with E-state index in [-0.39, 0.29) is 6.54 Å². The van der Waals surface area contributed by atoms with E-state index in [1.807, 2.05) is 42.5 Å². The second kappa shape index (κ2) is 4.78. The van der Waals surface area contributed by atoms with Gasteiger partial charge in [-0.1, -0.05) is 28.1 Å². The van der Waals surface area contributed by atoms with Gasteiger partial charge < -0.3 is 9.67 Å². The van der Waals surface area contributed by atoms with Gasteiger partial charge in [0.1, 0.15) is 12.1 Å². The number of nitrogens with zero attached hydrogens (tertiary/aromatic N) is 3. The zero-order valence-electron chi connectivity index (χ0n) is 11.3. The fourth-order valence-electron chi connectivity index (χ4n) is 2.70. The molecular weight excluding hydrogens is 346 g/mol. The minimum atomic E-state index is -0.906. The summed E-state index contributed by atoms with van der Waals surface area (Å²) in [5.74, 6) is -0.906. The van der Waals surface area contributed by atoms with E-state index in [1.54, 1.807) is 4.57 Å². The monoisotopic (exact) mass is 355 g/mol. The van der Waals surface area contributed by atoms with E-state index in [0.717, 1.165) is 31.9 Å². The smallest absolute Gasteiger partial charge is 0.323 e. The lowest BCUT2D eigenvalue weighted by molar-refractivity contribution is -0.137. The van der Waals surface area contributed by atoms with Crippen molar-refractivity contribution in [3.63, 3.8) is 0 Å². The number of fused-ring (bicyclic) bond motifs is 4. The SMILES string of the molecule is O=C(O)Cn1c2ccc(Br)cc2c2nc3ccccc3nc21. The highest BCUT2D eigenvalue weighted by Gasteiger charge is 2.16. The van der Waals surface area contributed by atoms with Gasteiger partial charge in [-0.05, 0) is 30.3 Å². The Hall–Kier alpha value is -2.47. The molecule has 1 N–H and O–H groups in total. The van der Waals surface area contributed by atoms with Gasteiger partial charge in [0.15, 0.2) is 5.65 Å². The number of rotatable bonds is 2. The molecule has 6 heteroatoms. The molecule has 0 radical (unpaired) electrons. The third kappa shape index (κ3) is 1.95. The summed E-state index contributed by atoms with van der Waals surface area (Å²) >= 11 is 3.45. The molecule has 2 aromatic heterocycles. The second-order valence-corrected chi connectivity index (χ2v) is 5.94. The van der Waals surface area contributed by atoms with E-state index >= 15 is 0 Å². The van der Waals surface area contributed by atoms with Crippen LogP contribution in [0.15, 0.2) is 46.9 Å². The van der Waals surface area contributed by atoms with Crippen molar-refractivity contribution in [3.8, 4) is 0 Å². The molecular formula is C16H10BrN3O2. The molecule has 4 rings (SSSR count). The molecule has 0 aliphatic rings. The molecule has 0 fully saturated rings. The van der Waals surface area contributed by atoms with Crippen molar-refractivity contribution in [2.24, 2.45) is 0 Å². The molecule has 0 aliphatic carbocycles.